The Balaban J connectivity index is 2.30. The number of rotatable bonds is 9. The molecule has 2 N–H and O–H groups in total. The molecular weight excluding hydrogens is 440 g/mol. The zero-order chi connectivity index (χ0) is 24.1. The highest BCUT2D eigenvalue weighted by Crippen LogP contribution is 2.39. The molecule has 0 saturated heterocycles. The van der Waals surface area contributed by atoms with Gasteiger partial charge < -0.3 is 29.6 Å². The van der Waals surface area contributed by atoms with E-state index in [1.165, 1.54) is 52.7 Å². The SMILES string of the molecule is COc1ccc(OC)c(NC(=O)C(F)(F)C(F)(F)C(=O)Nc2cc(OC)ccc2OC)c1. The number of anilines is 2. The quantitative estimate of drug-likeness (QED) is 0.556. The van der Waals surface area contributed by atoms with Crippen LogP contribution in [0.2, 0.25) is 0 Å². The number of alkyl halides is 4. The molecule has 0 atom stereocenters. The van der Waals surface area contributed by atoms with E-state index in [4.69, 9.17) is 18.9 Å². The van der Waals surface area contributed by atoms with Crippen molar-refractivity contribution in [2.75, 3.05) is 39.1 Å². The van der Waals surface area contributed by atoms with Crippen molar-refractivity contribution in [3.8, 4) is 23.0 Å². The van der Waals surface area contributed by atoms with Crippen molar-refractivity contribution >= 4 is 23.2 Å². The van der Waals surface area contributed by atoms with Gasteiger partial charge in [0.25, 0.3) is 0 Å². The van der Waals surface area contributed by atoms with Crippen molar-refractivity contribution in [3.05, 3.63) is 36.4 Å². The summed E-state index contributed by atoms with van der Waals surface area (Å²) in [6.45, 7) is 0. The number of nitrogens with one attached hydrogen (secondary N) is 2. The van der Waals surface area contributed by atoms with Crippen LogP contribution in [0, 0.1) is 0 Å². The van der Waals surface area contributed by atoms with E-state index in [2.05, 4.69) is 0 Å². The number of carbonyl (C=O) groups excluding carboxylic acids is 2. The Kier molecular flexibility index (Phi) is 7.39. The number of amides is 2. The van der Waals surface area contributed by atoms with E-state index in [9.17, 15) is 27.2 Å². The summed E-state index contributed by atoms with van der Waals surface area (Å²) < 4.78 is 77.3. The molecule has 32 heavy (non-hydrogen) atoms. The van der Waals surface area contributed by atoms with Gasteiger partial charge >= 0.3 is 23.7 Å². The van der Waals surface area contributed by atoms with Crippen LogP contribution >= 0.6 is 0 Å². The van der Waals surface area contributed by atoms with Gasteiger partial charge in [0.05, 0.1) is 39.8 Å². The predicted molar refractivity (Wildman–Crippen MR) is 106 cm³/mol. The first kappa shape index (κ1) is 24.6. The van der Waals surface area contributed by atoms with Crippen LogP contribution in [0.3, 0.4) is 0 Å². The summed E-state index contributed by atoms with van der Waals surface area (Å²) in [5, 5.41) is 3.29. The monoisotopic (exact) mass is 460 g/mol. The number of halogens is 4. The summed E-state index contributed by atoms with van der Waals surface area (Å²) in [4.78, 5) is 24.1. The second kappa shape index (κ2) is 9.62. The topological polar surface area (TPSA) is 95.1 Å². The molecule has 0 saturated carbocycles. The van der Waals surface area contributed by atoms with Gasteiger partial charge in [-0.25, -0.2) is 0 Å². The van der Waals surface area contributed by atoms with E-state index in [1.54, 1.807) is 10.6 Å². The molecule has 0 bridgehead atoms. The van der Waals surface area contributed by atoms with Crippen LogP contribution in [-0.4, -0.2) is 52.1 Å². The lowest BCUT2D eigenvalue weighted by molar-refractivity contribution is -0.204. The summed E-state index contributed by atoms with van der Waals surface area (Å²) in [7, 11) is 4.90. The minimum absolute atomic E-state index is 0.0937. The highest BCUT2D eigenvalue weighted by atomic mass is 19.3. The van der Waals surface area contributed by atoms with E-state index in [-0.39, 0.29) is 34.4 Å². The number of hydrogen-bond donors (Lipinski definition) is 2. The van der Waals surface area contributed by atoms with Crippen molar-refractivity contribution in [3.63, 3.8) is 0 Å². The first-order valence-corrected chi connectivity index (χ1v) is 8.84. The highest BCUT2D eigenvalue weighted by molar-refractivity contribution is 6.06. The predicted octanol–water partition coefficient (Wildman–Crippen LogP) is 3.57. The zero-order valence-corrected chi connectivity index (χ0v) is 17.4. The number of hydrogen-bond acceptors (Lipinski definition) is 6. The molecule has 2 aromatic carbocycles. The number of benzene rings is 2. The van der Waals surface area contributed by atoms with Gasteiger partial charge in [-0.3, -0.25) is 9.59 Å². The van der Waals surface area contributed by atoms with Crippen LogP contribution in [-0.2, 0) is 9.59 Å². The molecule has 2 rings (SSSR count). The molecular formula is C20H20F4N2O6. The van der Waals surface area contributed by atoms with E-state index in [0.717, 1.165) is 12.1 Å². The highest BCUT2D eigenvalue weighted by Gasteiger charge is 2.67. The number of methoxy groups -OCH3 is 4. The number of carbonyl (C=O) groups is 2. The smallest absolute Gasteiger partial charge is 0.396 e. The summed E-state index contributed by atoms with van der Waals surface area (Å²) >= 11 is 0. The largest absolute Gasteiger partial charge is 0.497 e. The lowest BCUT2D eigenvalue weighted by atomic mass is 10.1. The van der Waals surface area contributed by atoms with Gasteiger partial charge in [-0.05, 0) is 24.3 Å². The van der Waals surface area contributed by atoms with Gasteiger partial charge in [0, 0.05) is 12.1 Å². The Morgan fingerprint density at radius 2 is 1.00 bits per heavy atom. The Bertz CT molecular complexity index is 921. The molecule has 174 valence electrons. The standard InChI is InChI=1S/C20H20F4N2O6/c1-29-11-5-7-15(31-3)13(9-11)25-17(27)19(21,22)20(23,24)18(28)26-14-10-12(30-2)6-8-16(14)32-4/h5-10H,1-4H3,(H,25,27)(H,26,28). The molecule has 8 nitrogen and oxygen atoms in total. The van der Waals surface area contributed by atoms with Crippen molar-refractivity contribution in [1.29, 1.82) is 0 Å². The maximum atomic E-state index is 14.4. The summed E-state index contributed by atoms with van der Waals surface area (Å²) in [6.07, 6.45) is 0. The van der Waals surface area contributed by atoms with Crippen molar-refractivity contribution < 1.29 is 46.1 Å². The molecule has 0 heterocycles. The Labute approximate surface area is 180 Å². The normalized spacial score (nSPS) is 11.4. The van der Waals surface area contributed by atoms with Gasteiger partial charge in [0.1, 0.15) is 23.0 Å². The van der Waals surface area contributed by atoms with E-state index in [1.807, 2.05) is 0 Å². The molecule has 0 spiro atoms. The van der Waals surface area contributed by atoms with Crippen LogP contribution in [0.15, 0.2) is 36.4 Å². The Hall–Kier alpha value is -3.70. The maximum absolute atomic E-state index is 14.4. The molecule has 2 aromatic rings. The minimum atomic E-state index is -5.43. The van der Waals surface area contributed by atoms with Gasteiger partial charge in [0.15, 0.2) is 0 Å². The fourth-order valence-corrected chi connectivity index (χ4v) is 2.51. The molecule has 0 aliphatic rings. The van der Waals surface area contributed by atoms with E-state index < -0.39 is 23.7 Å². The molecule has 0 fully saturated rings. The van der Waals surface area contributed by atoms with Crippen LogP contribution in [0.4, 0.5) is 28.9 Å². The maximum Gasteiger partial charge on any atom is 0.396 e. The lowest BCUT2D eigenvalue weighted by Gasteiger charge is -2.25. The van der Waals surface area contributed by atoms with Gasteiger partial charge in [-0.2, -0.15) is 17.6 Å². The summed E-state index contributed by atoms with van der Waals surface area (Å²) in [6, 6.07) is 7.52. The minimum Gasteiger partial charge on any atom is -0.497 e. The fourth-order valence-electron chi connectivity index (χ4n) is 2.51. The molecule has 2 amide bonds. The zero-order valence-electron chi connectivity index (χ0n) is 17.4. The van der Waals surface area contributed by atoms with E-state index >= 15 is 0 Å². The van der Waals surface area contributed by atoms with Crippen LogP contribution < -0.4 is 29.6 Å². The molecule has 0 radical (unpaired) electrons. The van der Waals surface area contributed by atoms with Gasteiger partial charge in [-0.1, -0.05) is 0 Å². The summed E-state index contributed by atoms with van der Waals surface area (Å²) in [5.41, 5.74) is -0.718. The van der Waals surface area contributed by atoms with Crippen LogP contribution in [0.5, 0.6) is 23.0 Å². The van der Waals surface area contributed by atoms with Crippen molar-refractivity contribution in [2.24, 2.45) is 0 Å². The first-order chi connectivity index (χ1) is 15.0. The van der Waals surface area contributed by atoms with Crippen LogP contribution in [0.1, 0.15) is 0 Å². The fraction of sp³-hybridized carbons (Fsp3) is 0.300. The van der Waals surface area contributed by atoms with Gasteiger partial charge in [-0.15, -0.1) is 0 Å². The average molecular weight is 460 g/mol. The molecule has 0 unspecified atom stereocenters. The summed E-state index contributed by atoms with van der Waals surface area (Å²) in [5.74, 6) is -15.6. The van der Waals surface area contributed by atoms with Crippen LogP contribution in [0.25, 0.3) is 0 Å². The second-order valence-electron chi connectivity index (χ2n) is 6.19. The Morgan fingerprint density at radius 3 is 1.28 bits per heavy atom. The average Bonchev–Trinajstić information content (AvgIpc) is 2.78. The number of ether oxygens (including phenoxy) is 4. The molecule has 12 heteroatoms. The molecule has 0 aromatic heterocycles. The third-order valence-electron chi connectivity index (χ3n) is 4.27. The molecule has 0 aliphatic heterocycles. The third kappa shape index (κ3) is 4.79. The van der Waals surface area contributed by atoms with Crippen molar-refractivity contribution in [1.82, 2.24) is 0 Å². The van der Waals surface area contributed by atoms with E-state index in [0.29, 0.717) is 0 Å². The van der Waals surface area contributed by atoms with Gasteiger partial charge in [0.2, 0.25) is 0 Å². The first-order valence-electron chi connectivity index (χ1n) is 8.84. The van der Waals surface area contributed by atoms with Crippen molar-refractivity contribution in [2.45, 2.75) is 11.8 Å². The Morgan fingerprint density at radius 1 is 0.656 bits per heavy atom. The third-order valence-corrected chi connectivity index (χ3v) is 4.27. The molecule has 0 aliphatic carbocycles. The lowest BCUT2D eigenvalue weighted by Crippen LogP contribution is -2.56. The second-order valence-corrected chi connectivity index (χ2v) is 6.19.